The average molecular weight is 248 g/mol. The topological polar surface area (TPSA) is 25.8 Å². The second-order valence-electron chi connectivity index (χ2n) is 6.55. The number of hydrogen-bond acceptors (Lipinski definition) is 3. The minimum absolute atomic E-state index is 0.0706. The summed E-state index contributed by atoms with van der Waals surface area (Å²) in [6.07, 6.45) is 1.68. The Hall–Kier alpha value is -0.960. The van der Waals surface area contributed by atoms with E-state index in [0.29, 0.717) is 0 Å². The van der Waals surface area contributed by atoms with Crippen molar-refractivity contribution in [3.63, 3.8) is 0 Å². The second-order valence-corrected chi connectivity index (χ2v) is 7.60. The monoisotopic (exact) mass is 248 g/mol. The Balaban J connectivity index is 2.70. The van der Waals surface area contributed by atoms with Gasteiger partial charge in [-0.25, -0.2) is 9.97 Å². The van der Waals surface area contributed by atoms with Crippen LogP contribution in [0, 0.1) is 0 Å². The molecule has 0 aliphatic carbocycles. The molecule has 92 valence electrons. The fourth-order valence-corrected chi connectivity index (χ4v) is 3.13. The summed E-state index contributed by atoms with van der Waals surface area (Å²) < 4.78 is 1.24. The van der Waals surface area contributed by atoms with Gasteiger partial charge in [-0.15, -0.1) is 11.3 Å². The summed E-state index contributed by atoms with van der Waals surface area (Å²) in [6.45, 7) is 13.3. The van der Waals surface area contributed by atoms with Gasteiger partial charge in [0, 0.05) is 10.3 Å². The van der Waals surface area contributed by atoms with Gasteiger partial charge in [-0.3, -0.25) is 0 Å². The van der Waals surface area contributed by atoms with Crippen molar-refractivity contribution in [2.24, 2.45) is 0 Å². The van der Waals surface area contributed by atoms with Gasteiger partial charge in [0.15, 0.2) is 0 Å². The Morgan fingerprint density at radius 3 is 2.12 bits per heavy atom. The first-order chi connectivity index (χ1) is 7.69. The van der Waals surface area contributed by atoms with Gasteiger partial charge >= 0.3 is 0 Å². The minimum atomic E-state index is 0.0706. The summed E-state index contributed by atoms with van der Waals surface area (Å²) >= 11 is 1.83. The van der Waals surface area contributed by atoms with Crippen molar-refractivity contribution in [2.45, 2.75) is 52.4 Å². The van der Waals surface area contributed by atoms with Gasteiger partial charge in [0.1, 0.15) is 6.33 Å². The first kappa shape index (κ1) is 12.5. The molecule has 0 saturated carbocycles. The van der Waals surface area contributed by atoms with Crippen LogP contribution in [0.2, 0.25) is 0 Å². The van der Waals surface area contributed by atoms with E-state index in [1.807, 2.05) is 11.3 Å². The maximum atomic E-state index is 4.47. The van der Waals surface area contributed by atoms with E-state index in [1.165, 1.54) is 9.58 Å². The van der Waals surface area contributed by atoms with E-state index in [2.05, 4.69) is 57.6 Å². The summed E-state index contributed by atoms with van der Waals surface area (Å²) in [7, 11) is 0. The van der Waals surface area contributed by atoms with E-state index in [4.69, 9.17) is 0 Å². The lowest BCUT2D eigenvalue weighted by molar-refractivity contribution is 0.575. The molecular weight excluding hydrogens is 228 g/mol. The van der Waals surface area contributed by atoms with Gasteiger partial charge < -0.3 is 0 Å². The van der Waals surface area contributed by atoms with Crippen molar-refractivity contribution in [1.82, 2.24) is 9.97 Å². The highest BCUT2D eigenvalue weighted by Crippen LogP contribution is 2.37. The highest BCUT2D eigenvalue weighted by molar-refractivity contribution is 7.19. The number of rotatable bonds is 0. The van der Waals surface area contributed by atoms with E-state index in [-0.39, 0.29) is 10.8 Å². The smallest absolute Gasteiger partial charge is 0.116 e. The maximum Gasteiger partial charge on any atom is 0.116 e. The minimum Gasteiger partial charge on any atom is -0.239 e. The molecule has 0 aromatic carbocycles. The summed E-state index contributed by atoms with van der Waals surface area (Å²) in [5.74, 6) is 0. The molecule has 2 aromatic heterocycles. The number of thiophene rings is 1. The third-order valence-corrected chi connectivity index (χ3v) is 4.32. The van der Waals surface area contributed by atoms with Crippen LogP contribution in [0.25, 0.3) is 10.2 Å². The zero-order valence-corrected chi connectivity index (χ0v) is 12.3. The van der Waals surface area contributed by atoms with E-state index in [1.54, 1.807) is 6.33 Å². The molecule has 0 fully saturated rings. The summed E-state index contributed by atoms with van der Waals surface area (Å²) in [6, 6.07) is 2.21. The Labute approximate surface area is 107 Å². The third kappa shape index (κ3) is 2.34. The van der Waals surface area contributed by atoms with Gasteiger partial charge in [-0.05, 0) is 11.5 Å². The quantitative estimate of drug-likeness (QED) is 0.695. The van der Waals surface area contributed by atoms with Gasteiger partial charge in [-0.2, -0.15) is 0 Å². The summed E-state index contributed by atoms with van der Waals surface area (Å²) in [4.78, 5) is 10.2. The molecule has 0 N–H and O–H groups in total. The maximum absolute atomic E-state index is 4.47. The molecule has 2 nitrogen and oxygen atoms in total. The lowest BCUT2D eigenvalue weighted by atomic mass is 9.91. The number of nitrogens with zero attached hydrogens (tertiary/aromatic N) is 2. The van der Waals surface area contributed by atoms with Crippen LogP contribution in [0.3, 0.4) is 0 Å². The predicted molar refractivity (Wildman–Crippen MR) is 74.8 cm³/mol. The molecule has 2 heterocycles. The van der Waals surface area contributed by atoms with Crippen molar-refractivity contribution in [1.29, 1.82) is 0 Å². The van der Waals surface area contributed by atoms with E-state index in [0.717, 1.165) is 11.2 Å². The van der Waals surface area contributed by atoms with Crippen LogP contribution < -0.4 is 0 Å². The zero-order chi connectivity index (χ0) is 12.8. The largest absolute Gasteiger partial charge is 0.239 e. The van der Waals surface area contributed by atoms with Crippen LogP contribution >= 0.6 is 11.3 Å². The molecule has 0 spiro atoms. The molecule has 0 radical (unpaired) electrons. The Morgan fingerprint density at radius 1 is 0.941 bits per heavy atom. The lowest BCUT2D eigenvalue weighted by Crippen LogP contribution is -2.13. The lowest BCUT2D eigenvalue weighted by Gasteiger charge is -2.18. The standard InChI is InChI=1S/C14H20N2S/c1-13(2,3)10-7-9-11(17-10)12(14(4,5)6)16-8-15-9/h7-8H,1-6H3. The summed E-state index contributed by atoms with van der Waals surface area (Å²) in [5.41, 5.74) is 2.49. The van der Waals surface area contributed by atoms with Crippen LogP contribution in [0.4, 0.5) is 0 Å². The molecule has 0 aliphatic heterocycles. The van der Waals surface area contributed by atoms with E-state index in [9.17, 15) is 0 Å². The SMILES string of the molecule is CC(C)(C)c1cc2ncnc(C(C)(C)C)c2s1. The van der Waals surface area contributed by atoms with Crippen LogP contribution in [-0.4, -0.2) is 9.97 Å². The third-order valence-electron chi connectivity index (χ3n) is 2.76. The van der Waals surface area contributed by atoms with Gasteiger partial charge in [-0.1, -0.05) is 41.5 Å². The molecule has 0 saturated heterocycles. The zero-order valence-electron chi connectivity index (χ0n) is 11.5. The normalized spacial score (nSPS) is 13.3. The predicted octanol–water partition coefficient (Wildman–Crippen LogP) is 4.29. The average Bonchev–Trinajstić information content (AvgIpc) is 2.57. The Kier molecular flexibility index (Phi) is 2.77. The van der Waals surface area contributed by atoms with Crippen molar-refractivity contribution in [3.05, 3.63) is 23.0 Å². The van der Waals surface area contributed by atoms with Crippen molar-refractivity contribution < 1.29 is 0 Å². The number of hydrogen-bond donors (Lipinski definition) is 0. The van der Waals surface area contributed by atoms with Crippen molar-refractivity contribution in [3.8, 4) is 0 Å². The molecule has 0 bridgehead atoms. The highest BCUT2D eigenvalue weighted by Gasteiger charge is 2.23. The molecule has 17 heavy (non-hydrogen) atoms. The van der Waals surface area contributed by atoms with Gasteiger partial charge in [0.2, 0.25) is 0 Å². The molecule has 0 unspecified atom stereocenters. The molecule has 0 amide bonds. The Bertz CT molecular complexity index is 541. The van der Waals surface area contributed by atoms with Crippen LogP contribution in [0.15, 0.2) is 12.4 Å². The molecule has 2 rings (SSSR count). The van der Waals surface area contributed by atoms with Crippen LogP contribution in [-0.2, 0) is 10.8 Å². The van der Waals surface area contributed by atoms with Crippen molar-refractivity contribution >= 4 is 21.6 Å². The van der Waals surface area contributed by atoms with E-state index >= 15 is 0 Å². The van der Waals surface area contributed by atoms with Gasteiger partial charge in [0.05, 0.1) is 15.9 Å². The first-order valence-corrected chi connectivity index (χ1v) is 6.77. The molecule has 0 aliphatic rings. The highest BCUT2D eigenvalue weighted by atomic mass is 32.1. The fourth-order valence-electron chi connectivity index (χ4n) is 1.76. The van der Waals surface area contributed by atoms with Gasteiger partial charge in [0.25, 0.3) is 0 Å². The van der Waals surface area contributed by atoms with Crippen LogP contribution in [0.1, 0.15) is 52.1 Å². The van der Waals surface area contributed by atoms with E-state index < -0.39 is 0 Å². The molecule has 3 heteroatoms. The molecule has 0 atom stereocenters. The van der Waals surface area contributed by atoms with Crippen molar-refractivity contribution in [2.75, 3.05) is 0 Å². The summed E-state index contributed by atoms with van der Waals surface area (Å²) in [5, 5.41) is 0. The number of fused-ring (bicyclic) bond motifs is 1. The Morgan fingerprint density at radius 2 is 1.59 bits per heavy atom. The van der Waals surface area contributed by atoms with Crippen LogP contribution in [0.5, 0.6) is 0 Å². The molecular formula is C14H20N2S. The first-order valence-electron chi connectivity index (χ1n) is 5.95. The molecule has 2 aromatic rings. The fraction of sp³-hybridized carbons (Fsp3) is 0.571. The number of aromatic nitrogens is 2. The second kappa shape index (κ2) is 3.77.